The highest BCUT2D eigenvalue weighted by molar-refractivity contribution is 5.96. The van der Waals surface area contributed by atoms with Gasteiger partial charge in [-0.1, -0.05) is 0 Å². The number of alkyl halides is 3. The van der Waals surface area contributed by atoms with Crippen molar-refractivity contribution in [3.8, 4) is 5.75 Å². The number of halogens is 3. The molecule has 25 heavy (non-hydrogen) atoms. The summed E-state index contributed by atoms with van der Waals surface area (Å²) in [7, 11) is 1.47. The fourth-order valence-corrected chi connectivity index (χ4v) is 1.62. The van der Waals surface area contributed by atoms with Gasteiger partial charge in [0.1, 0.15) is 18.8 Å². The normalized spacial score (nSPS) is 12.0. The lowest BCUT2D eigenvalue weighted by molar-refractivity contribution is -0.156. The number of methoxy groups -OCH3 is 1. The number of carbonyl (C=O) groups is 3. The van der Waals surface area contributed by atoms with Crippen molar-refractivity contribution in [2.75, 3.05) is 20.2 Å². The van der Waals surface area contributed by atoms with Gasteiger partial charge < -0.3 is 20.1 Å². The molecular formula is C15H17F3N2O5. The van der Waals surface area contributed by atoms with Gasteiger partial charge in [-0.2, -0.15) is 13.2 Å². The number of hydrogen-bond acceptors (Lipinski definition) is 5. The monoisotopic (exact) mass is 362 g/mol. The van der Waals surface area contributed by atoms with Gasteiger partial charge in [-0.3, -0.25) is 14.4 Å². The van der Waals surface area contributed by atoms with Crippen LogP contribution >= 0.6 is 0 Å². The second kappa shape index (κ2) is 8.90. The average molecular weight is 362 g/mol. The van der Waals surface area contributed by atoms with E-state index in [-0.39, 0.29) is 5.56 Å². The average Bonchev–Trinajstić information content (AvgIpc) is 2.56. The third kappa shape index (κ3) is 7.55. The molecule has 0 aliphatic rings. The number of carbonyl (C=O) groups excluding carboxylic acids is 3. The number of amides is 2. The van der Waals surface area contributed by atoms with Crippen LogP contribution in [-0.2, 0) is 14.3 Å². The highest BCUT2D eigenvalue weighted by atomic mass is 19.4. The first-order chi connectivity index (χ1) is 11.6. The molecule has 0 aliphatic heterocycles. The second-order valence-electron chi connectivity index (χ2n) is 4.88. The highest BCUT2D eigenvalue weighted by Crippen LogP contribution is 2.12. The van der Waals surface area contributed by atoms with E-state index >= 15 is 0 Å². The predicted molar refractivity (Wildman–Crippen MR) is 79.9 cm³/mol. The highest BCUT2D eigenvalue weighted by Gasteiger charge is 2.29. The molecule has 2 N–H and O–H groups in total. The van der Waals surface area contributed by atoms with Crippen molar-refractivity contribution in [3.63, 3.8) is 0 Å². The molecule has 0 bridgehead atoms. The Morgan fingerprint density at radius 3 is 2.24 bits per heavy atom. The minimum atomic E-state index is -4.56. The molecule has 138 valence electrons. The Hall–Kier alpha value is -2.78. The summed E-state index contributed by atoms with van der Waals surface area (Å²) in [5.74, 6) is -2.06. The predicted octanol–water partition coefficient (Wildman–Crippen LogP) is 1.04. The van der Waals surface area contributed by atoms with Crippen LogP contribution in [0.4, 0.5) is 13.2 Å². The van der Waals surface area contributed by atoms with E-state index in [0.717, 1.165) is 6.92 Å². The SMILES string of the molecule is COc1ccc(C(=O)NCC(=O)O[C@@H](C)C(=O)NCC(F)(F)F)cc1. The molecule has 7 nitrogen and oxygen atoms in total. The largest absolute Gasteiger partial charge is 0.497 e. The van der Waals surface area contributed by atoms with Crippen LogP contribution in [0.15, 0.2) is 24.3 Å². The Labute approximate surface area is 141 Å². The Balaban J connectivity index is 2.40. The lowest BCUT2D eigenvalue weighted by Crippen LogP contribution is -2.42. The number of hydrogen-bond donors (Lipinski definition) is 2. The maximum atomic E-state index is 12.0. The zero-order valence-corrected chi connectivity index (χ0v) is 13.5. The number of benzene rings is 1. The van der Waals surface area contributed by atoms with Gasteiger partial charge in [0.25, 0.3) is 11.8 Å². The van der Waals surface area contributed by atoms with Gasteiger partial charge in [-0.25, -0.2) is 0 Å². The minimum absolute atomic E-state index is 0.268. The van der Waals surface area contributed by atoms with E-state index in [4.69, 9.17) is 4.74 Å². The first kappa shape index (κ1) is 20.3. The first-order valence-corrected chi connectivity index (χ1v) is 7.08. The molecule has 0 aromatic heterocycles. The van der Waals surface area contributed by atoms with Gasteiger partial charge in [0, 0.05) is 5.56 Å². The van der Waals surface area contributed by atoms with Crippen molar-refractivity contribution < 1.29 is 37.0 Å². The van der Waals surface area contributed by atoms with Crippen LogP contribution in [0.1, 0.15) is 17.3 Å². The third-order valence-electron chi connectivity index (χ3n) is 2.89. The number of ether oxygens (including phenoxy) is 2. The Morgan fingerprint density at radius 1 is 1.12 bits per heavy atom. The van der Waals surface area contributed by atoms with Crippen molar-refractivity contribution in [1.82, 2.24) is 10.6 Å². The van der Waals surface area contributed by atoms with Crippen LogP contribution in [0.2, 0.25) is 0 Å². The van der Waals surface area contributed by atoms with Gasteiger partial charge in [-0.05, 0) is 31.2 Å². The van der Waals surface area contributed by atoms with Gasteiger partial charge in [0.05, 0.1) is 7.11 Å². The second-order valence-corrected chi connectivity index (χ2v) is 4.88. The summed E-state index contributed by atoms with van der Waals surface area (Å²) in [6.07, 6.45) is -5.99. The molecule has 1 atom stereocenters. The number of nitrogens with one attached hydrogen (secondary N) is 2. The lowest BCUT2D eigenvalue weighted by Gasteiger charge is -2.14. The van der Waals surface area contributed by atoms with Gasteiger partial charge in [-0.15, -0.1) is 0 Å². The molecule has 0 saturated carbocycles. The summed E-state index contributed by atoms with van der Waals surface area (Å²) >= 11 is 0. The van der Waals surface area contributed by atoms with Gasteiger partial charge >= 0.3 is 12.1 Å². The zero-order valence-electron chi connectivity index (χ0n) is 13.5. The summed E-state index contributed by atoms with van der Waals surface area (Å²) in [6, 6.07) is 6.07. The zero-order chi connectivity index (χ0) is 19.0. The third-order valence-corrected chi connectivity index (χ3v) is 2.89. The maximum absolute atomic E-state index is 12.0. The van der Waals surface area contributed by atoms with E-state index in [2.05, 4.69) is 10.1 Å². The molecule has 0 spiro atoms. The van der Waals surface area contributed by atoms with E-state index < -0.39 is 43.2 Å². The van der Waals surface area contributed by atoms with Crippen LogP contribution in [0.3, 0.4) is 0 Å². The molecule has 1 aromatic rings. The fraction of sp³-hybridized carbons (Fsp3) is 0.400. The topological polar surface area (TPSA) is 93.7 Å². The summed E-state index contributed by atoms with van der Waals surface area (Å²) in [5, 5.41) is 3.86. The van der Waals surface area contributed by atoms with E-state index in [1.807, 2.05) is 0 Å². The van der Waals surface area contributed by atoms with E-state index in [1.165, 1.54) is 19.2 Å². The minimum Gasteiger partial charge on any atom is -0.497 e. The van der Waals surface area contributed by atoms with Crippen molar-refractivity contribution >= 4 is 17.8 Å². The molecule has 0 aliphatic carbocycles. The quantitative estimate of drug-likeness (QED) is 0.707. The maximum Gasteiger partial charge on any atom is 0.405 e. The van der Waals surface area contributed by atoms with Crippen LogP contribution < -0.4 is 15.4 Å². The van der Waals surface area contributed by atoms with Crippen molar-refractivity contribution in [2.45, 2.75) is 19.2 Å². The Morgan fingerprint density at radius 2 is 1.72 bits per heavy atom. The first-order valence-electron chi connectivity index (χ1n) is 7.08. The molecular weight excluding hydrogens is 345 g/mol. The Kier molecular flexibility index (Phi) is 7.22. The molecule has 1 rings (SSSR count). The summed E-state index contributed by atoms with van der Waals surface area (Å²) in [5.41, 5.74) is 0.268. The van der Waals surface area contributed by atoms with Crippen molar-refractivity contribution in [1.29, 1.82) is 0 Å². The van der Waals surface area contributed by atoms with E-state index in [0.29, 0.717) is 5.75 Å². The molecule has 0 heterocycles. The van der Waals surface area contributed by atoms with Crippen molar-refractivity contribution in [2.24, 2.45) is 0 Å². The smallest absolute Gasteiger partial charge is 0.405 e. The summed E-state index contributed by atoms with van der Waals surface area (Å²) in [4.78, 5) is 34.7. The standard InChI is InChI=1S/C15H17F3N2O5/c1-9(13(22)20-8-15(16,17)18)25-12(21)7-19-14(23)10-3-5-11(24-2)6-4-10/h3-6,9H,7-8H2,1-2H3,(H,19,23)(H,20,22)/t9-/m0/s1. The molecule has 0 fully saturated rings. The van der Waals surface area contributed by atoms with Crippen LogP contribution in [0, 0.1) is 0 Å². The van der Waals surface area contributed by atoms with E-state index in [1.54, 1.807) is 17.4 Å². The van der Waals surface area contributed by atoms with Crippen LogP contribution in [-0.4, -0.2) is 50.3 Å². The molecule has 0 radical (unpaired) electrons. The van der Waals surface area contributed by atoms with Crippen LogP contribution in [0.5, 0.6) is 5.75 Å². The lowest BCUT2D eigenvalue weighted by atomic mass is 10.2. The van der Waals surface area contributed by atoms with Crippen molar-refractivity contribution in [3.05, 3.63) is 29.8 Å². The molecule has 2 amide bonds. The number of esters is 1. The molecule has 0 unspecified atom stereocenters. The summed E-state index contributed by atoms with van der Waals surface area (Å²) < 4.78 is 45.5. The summed E-state index contributed by atoms with van der Waals surface area (Å²) in [6.45, 7) is -0.946. The van der Waals surface area contributed by atoms with Gasteiger partial charge in [0.15, 0.2) is 6.10 Å². The van der Waals surface area contributed by atoms with Crippen LogP contribution in [0.25, 0.3) is 0 Å². The molecule has 0 saturated heterocycles. The Bertz CT molecular complexity index is 617. The molecule has 1 aromatic carbocycles. The van der Waals surface area contributed by atoms with Gasteiger partial charge in [0.2, 0.25) is 0 Å². The van der Waals surface area contributed by atoms with E-state index in [9.17, 15) is 27.6 Å². The number of rotatable bonds is 7. The fourth-order valence-electron chi connectivity index (χ4n) is 1.62. The molecule has 10 heteroatoms.